The maximum Gasteiger partial charge on any atom is 0.292 e. The van der Waals surface area contributed by atoms with Gasteiger partial charge in [-0.15, -0.1) is 0 Å². The molecule has 1 aromatic rings. The number of nitrogens with one attached hydrogen (secondary N) is 2. The zero-order chi connectivity index (χ0) is 13.7. The molecule has 0 saturated carbocycles. The molecule has 2 unspecified atom stereocenters. The normalized spacial score (nSPS) is 20.4. The van der Waals surface area contributed by atoms with Gasteiger partial charge in [0.05, 0.1) is 12.1 Å². The van der Waals surface area contributed by atoms with E-state index in [-0.39, 0.29) is 18.4 Å². The molecule has 1 aliphatic heterocycles. The fourth-order valence-corrected chi connectivity index (χ4v) is 2.09. The molecule has 1 fully saturated rings. The predicted molar refractivity (Wildman–Crippen MR) is 67.5 cm³/mol. The van der Waals surface area contributed by atoms with Gasteiger partial charge in [-0.2, -0.15) is 4.98 Å². The van der Waals surface area contributed by atoms with Gasteiger partial charge in [0.25, 0.3) is 11.7 Å². The van der Waals surface area contributed by atoms with E-state index in [1.165, 1.54) is 0 Å². The maximum absolute atomic E-state index is 11.8. The molecule has 1 amide bonds. The van der Waals surface area contributed by atoms with Crippen LogP contribution >= 0.6 is 0 Å². The lowest BCUT2D eigenvalue weighted by molar-refractivity contribution is 0.0897. The van der Waals surface area contributed by atoms with Gasteiger partial charge in [-0.3, -0.25) is 4.79 Å². The van der Waals surface area contributed by atoms with Gasteiger partial charge in [0.1, 0.15) is 0 Å². The molecule has 0 aromatic carbocycles. The van der Waals surface area contributed by atoms with Crippen molar-refractivity contribution in [1.82, 2.24) is 20.8 Å². The number of rotatable bonds is 6. The smallest absolute Gasteiger partial charge is 0.292 e. The van der Waals surface area contributed by atoms with Crippen LogP contribution in [-0.4, -0.2) is 40.3 Å². The molecular weight excluding hydrogens is 248 g/mol. The van der Waals surface area contributed by atoms with Crippen molar-refractivity contribution in [2.45, 2.75) is 44.8 Å². The van der Waals surface area contributed by atoms with Gasteiger partial charge in [-0.1, -0.05) is 18.5 Å². The molecule has 1 saturated heterocycles. The first-order valence-electron chi connectivity index (χ1n) is 6.74. The van der Waals surface area contributed by atoms with E-state index in [2.05, 4.69) is 20.8 Å². The molecule has 3 N–H and O–H groups in total. The summed E-state index contributed by atoms with van der Waals surface area (Å²) in [4.78, 5) is 15.8. The molecule has 106 valence electrons. The molecule has 0 aliphatic carbocycles. The monoisotopic (exact) mass is 268 g/mol. The Morgan fingerprint density at radius 2 is 2.53 bits per heavy atom. The van der Waals surface area contributed by atoms with Gasteiger partial charge in [0.2, 0.25) is 5.89 Å². The molecule has 7 nitrogen and oxygen atoms in total. The zero-order valence-electron chi connectivity index (χ0n) is 11.1. The third-order valence-electron chi connectivity index (χ3n) is 3.12. The first-order valence-corrected chi connectivity index (χ1v) is 6.74. The minimum atomic E-state index is -0.531. The standard InChI is InChI=1S/C12H20N4O3/c1-2-4-8(17)7-14-11(18)10-15-12(19-16-10)9-5-3-6-13-9/h8-9,13,17H,2-7H2,1H3,(H,14,18). The zero-order valence-corrected chi connectivity index (χ0v) is 11.1. The fraction of sp³-hybridized carbons (Fsp3) is 0.750. The van der Waals surface area contributed by atoms with Crippen molar-refractivity contribution >= 4 is 5.91 Å². The van der Waals surface area contributed by atoms with Crippen LogP contribution in [0.4, 0.5) is 0 Å². The Labute approximate surface area is 111 Å². The lowest BCUT2D eigenvalue weighted by Gasteiger charge is -2.08. The molecule has 19 heavy (non-hydrogen) atoms. The van der Waals surface area contributed by atoms with E-state index in [1.54, 1.807) is 0 Å². The van der Waals surface area contributed by atoms with Gasteiger partial charge >= 0.3 is 0 Å². The van der Waals surface area contributed by atoms with Gasteiger partial charge < -0.3 is 20.3 Å². The van der Waals surface area contributed by atoms with E-state index < -0.39 is 12.0 Å². The molecule has 0 bridgehead atoms. The van der Waals surface area contributed by atoms with Crippen LogP contribution in [0, 0.1) is 0 Å². The molecule has 2 rings (SSSR count). The van der Waals surface area contributed by atoms with E-state index in [0.29, 0.717) is 12.3 Å². The number of amides is 1. The first-order chi connectivity index (χ1) is 9.20. The highest BCUT2D eigenvalue weighted by molar-refractivity contribution is 5.90. The molecule has 2 heterocycles. The van der Waals surface area contributed by atoms with Crippen molar-refractivity contribution in [3.8, 4) is 0 Å². The van der Waals surface area contributed by atoms with Crippen LogP contribution in [-0.2, 0) is 0 Å². The van der Waals surface area contributed by atoms with Crippen molar-refractivity contribution in [3.05, 3.63) is 11.7 Å². The van der Waals surface area contributed by atoms with Crippen LogP contribution < -0.4 is 10.6 Å². The summed E-state index contributed by atoms with van der Waals surface area (Å²) in [7, 11) is 0. The fourth-order valence-electron chi connectivity index (χ4n) is 2.09. The lowest BCUT2D eigenvalue weighted by atomic mass is 10.2. The summed E-state index contributed by atoms with van der Waals surface area (Å²) < 4.78 is 5.08. The van der Waals surface area contributed by atoms with Gasteiger partial charge in [0.15, 0.2) is 0 Å². The quantitative estimate of drug-likeness (QED) is 0.690. The Kier molecular flexibility index (Phi) is 4.86. The molecule has 1 aliphatic rings. The number of nitrogens with zero attached hydrogens (tertiary/aromatic N) is 2. The van der Waals surface area contributed by atoms with Crippen LogP contribution in [0.1, 0.15) is 55.2 Å². The van der Waals surface area contributed by atoms with Crippen molar-refractivity contribution in [2.75, 3.05) is 13.1 Å². The van der Waals surface area contributed by atoms with Crippen molar-refractivity contribution < 1.29 is 14.4 Å². The van der Waals surface area contributed by atoms with Gasteiger partial charge in [0, 0.05) is 6.54 Å². The molecule has 1 aromatic heterocycles. The second-order valence-corrected chi connectivity index (χ2v) is 4.76. The third kappa shape index (κ3) is 3.74. The Balaban J connectivity index is 1.85. The van der Waals surface area contributed by atoms with Crippen LogP contribution in [0.25, 0.3) is 0 Å². The summed E-state index contributed by atoms with van der Waals surface area (Å²) in [5, 5.41) is 19.0. The maximum atomic E-state index is 11.8. The van der Waals surface area contributed by atoms with Gasteiger partial charge in [-0.25, -0.2) is 0 Å². The number of aliphatic hydroxyl groups is 1. The van der Waals surface area contributed by atoms with Crippen molar-refractivity contribution in [1.29, 1.82) is 0 Å². The summed E-state index contributed by atoms with van der Waals surface area (Å²) in [5.74, 6) is 0.0623. The SMILES string of the molecule is CCCC(O)CNC(=O)c1noc(C2CCCN2)n1. The summed E-state index contributed by atoms with van der Waals surface area (Å²) in [5.41, 5.74) is 0. The molecule has 0 radical (unpaired) electrons. The molecular formula is C12H20N4O3. The highest BCUT2D eigenvalue weighted by Crippen LogP contribution is 2.20. The van der Waals surface area contributed by atoms with E-state index in [1.807, 2.05) is 6.92 Å². The number of hydrogen-bond acceptors (Lipinski definition) is 6. The summed E-state index contributed by atoms with van der Waals surface area (Å²) in [6, 6.07) is 0.0553. The van der Waals surface area contributed by atoms with E-state index in [4.69, 9.17) is 4.52 Å². The lowest BCUT2D eigenvalue weighted by Crippen LogP contribution is -2.32. The predicted octanol–water partition coefficient (Wildman–Crippen LogP) is 0.385. The average molecular weight is 268 g/mol. The first kappa shape index (κ1) is 14.0. The summed E-state index contributed by atoms with van der Waals surface area (Å²) >= 11 is 0. The molecule has 2 atom stereocenters. The van der Waals surface area contributed by atoms with Crippen LogP contribution in [0.3, 0.4) is 0 Å². The van der Waals surface area contributed by atoms with E-state index in [0.717, 1.165) is 25.8 Å². The van der Waals surface area contributed by atoms with E-state index >= 15 is 0 Å². The van der Waals surface area contributed by atoms with Crippen molar-refractivity contribution in [3.63, 3.8) is 0 Å². The second-order valence-electron chi connectivity index (χ2n) is 4.76. The molecule has 0 spiro atoms. The van der Waals surface area contributed by atoms with Crippen LogP contribution in [0.2, 0.25) is 0 Å². The minimum Gasteiger partial charge on any atom is -0.391 e. The number of aromatic nitrogens is 2. The highest BCUT2D eigenvalue weighted by atomic mass is 16.5. The Hall–Kier alpha value is -1.47. The Bertz CT molecular complexity index is 415. The minimum absolute atomic E-state index is 0.0207. The summed E-state index contributed by atoms with van der Waals surface area (Å²) in [6.45, 7) is 3.11. The largest absolute Gasteiger partial charge is 0.391 e. The number of carbonyl (C=O) groups is 1. The second kappa shape index (κ2) is 6.63. The van der Waals surface area contributed by atoms with Crippen molar-refractivity contribution in [2.24, 2.45) is 0 Å². The van der Waals surface area contributed by atoms with Gasteiger partial charge in [-0.05, 0) is 25.8 Å². The molecule has 7 heteroatoms. The van der Waals surface area contributed by atoms with E-state index in [9.17, 15) is 9.90 Å². The van der Waals surface area contributed by atoms with Crippen LogP contribution in [0.15, 0.2) is 4.52 Å². The number of hydrogen-bond donors (Lipinski definition) is 3. The highest BCUT2D eigenvalue weighted by Gasteiger charge is 2.24. The topological polar surface area (TPSA) is 100 Å². The summed E-state index contributed by atoms with van der Waals surface area (Å²) in [6.07, 6.45) is 3.01. The Morgan fingerprint density at radius 3 is 3.21 bits per heavy atom. The average Bonchev–Trinajstić information content (AvgIpc) is 3.06. The van der Waals surface area contributed by atoms with Crippen LogP contribution in [0.5, 0.6) is 0 Å². The third-order valence-corrected chi connectivity index (χ3v) is 3.12. The Morgan fingerprint density at radius 1 is 1.68 bits per heavy atom. The number of carbonyl (C=O) groups excluding carboxylic acids is 1. The number of aliphatic hydroxyl groups excluding tert-OH is 1.